The van der Waals surface area contributed by atoms with Gasteiger partial charge < -0.3 is 5.32 Å². The number of nitrogens with one attached hydrogen (secondary N) is 1. The molecule has 5 nitrogen and oxygen atoms in total. The summed E-state index contributed by atoms with van der Waals surface area (Å²) in [4.78, 5) is 24.9. The fourth-order valence-electron chi connectivity index (χ4n) is 2.31. The van der Waals surface area contributed by atoms with Crippen molar-refractivity contribution in [3.8, 4) is 5.69 Å². The summed E-state index contributed by atoms with van der Waals surface area (Å²) in [5, 5.41) is 2.55. The predicted octanol–water partition coefficient (Wildman–Crippen LogP) is 1.97. The summed E-state index contributed by atoms with van der Waals surface area (Å²) in [5.41, 5.74) is 1.90. The first-order valence-corrected chi connectivity index (χ1v) is 7.80. The van der Waals surface area contributed by atoms with E-state index in [-0.39, 0.29) is 11.5 Å². The van der Waals surface area contributed by atoms with Crippen LogP contribution in [0.4, 0.5) is 0 Å². The van der Waals surface area contributed by atoms with Crippen LogP contribution in [0.5, 0.6) is 0 Å². The highest BCUT2D eigenvalue weighted by atomic mass is 32.2. The zero-order valence-corrected chi connectivity index (χ0v) is 13.6. The molecule has 1 amide bonds. The van der Waals surface area contributed by atoms with E-state index < -0.39 is 0 Å². The molecule has 1 fully saturated rings. The second-order valence-electron chi connectivity index (χ2n) is 4.83. The highest BCUT2D eigenvalue weighted by molar-refractivity contribution is 8.26. The number of nitrogens with zero attached hydrogens (tertiary/aromatic N) is 2. The third-order valence-electron chi connectivity index (χ3n) is 3.52. The Hall–Kier alpha value is -2.12. The highest BCUT2D eigenvalue weighted by Gasteiger charge is 2.24. The van der Waals surface area contributed by atoms with E-state index >= 15 is 0 Å². The number of thiocarbonyl (C=S) groups is 1. The maximum atomic E-state index is 12.7. The second kappa shape index (κ2) is 5.58. The number of para-hydroxylation sites is 1. The number of hydrogen-bond donors (Lipinski definition) is 1. The van der Waals surface area contributed by atoms with E-state index in [1.807, 2.05) is 44.3 Å². The Morgan fingerprint density at radius 2 is 1.91 bits per heavy atom. The van der Waals surface area contributed by atoms with Gasteiger partial charge >= 0.3 is 0 Å². The molecule has 0 bridgehead atoms. The van der Waals surface area contributed by atoms with Gasteiger partial charge in [0.15, 0.2) is 0 Å². The fourth-order valence-corrected chi connectivity index (χ4v) is 3.33. The third-order valence-corrected chi connectivity index (χ3v) is 4.68. The summed E-state index contributed by atoms with van der Waals surface area (Å²) in [7, 11) is 1.82. The van der Waals surface area contributed by atoms with Crippen LogP contribution in [0.1, 0.15) is 11.3 Å². The average molecular weight is 331 g/mol. The molecule has 22 heavy (non-hydrogen) atoms. The lowest BCUT2D eigenvalue weighted by atomic mass is 10.2. The summed E-state index contributed by atoms with van der Waals surface area (Å²) in [6, 6.07) is 9.38. The molecule has 3 rings (SSSR count). The minimum atomic E-state index is -0.260. The number of amides is 1. The van der Waals surface area contributed by atoms with Crippen molar-refractivity contribution in [2.45, 2.75) is 6.92 Å². The van der Waals surface area contributed by atoms with Crippen LogP contribution in [-0.4, -0.2) is 19.6 Å². The molecule has 0 atom stereocenters. The van der Waals surface area contributed by atoms with Gasteiger partial charge in [-0.25, -0.2) is 4.68 Å². The molecule has 0 aliphatic carbocycles. The molecule has 1 aliphatic heterocycles. The van der Waals surface area contributed by atoms with E-state index in [0.29, 0.717) is 14.8 Å². The van der Waals surface area contributed by atoms with Crippen molar-refractivity contribution >= 4 is 40.3 Å². The minimum Gasteiger partial charge on any atom is -0.307 e. The standard InChI is InChI=1S/C15H13N3O2S2/c1-9-11(8-12-13(19)16-15(21)22-12)14(20)18(17(9)2)10-6-4-3-5-7-10/h3-8H,1-2H3,(H,16,19,21)/b12-8-. The number of carbonyl (C=O) groups is 1. The molecule has 0 saturated carbocycles. The molecular weight excluding hydrogens is 318 g/mol. The number of rotatable bonds is 2. The zero-order valence-electron chi connectivity index (χ0n) is 12.0. The Kier molecular flexibility index (Phi) is 3.76. The van der Waals surface area contributed by atoms with Crippen LogP contribution in [-0.2, 0) is 11.8 Å². The van der Waals surface area contributed by atoms with E-state index in [0.717, 1.165) is 11.4 Å². The quantitative estimate of drug-likeness (QED) is 0.675. The summed E-state index contributed by atoms with van der Waals surface area (Å²) < 4.78 is 3.77. The van der Waals surface area contributed by atoms with Gasteiger partial charge in [-0.05, 0) is 25.1 Å². The van der Waals surface area contributed by atoms with Gasteiger partial charge in [-0.1, -0.05) is 42.2 Å². The largest absolute Gasteiger partial charge is 0.307 e. The van der Waals surface area contributed by atoms with Crippen LogP contribution in [0.3, 0.4) is 0 Å². The molecule has 0 unspecified atom stereocenters. The maximum Gasteiger partial charge on any atom is 0.278 e. The summed E-state index contributed by atoms with van der Waals surface area (Å²) in [6.07, 6.45) is 1.61. The molecular formula is C15H13N3O2S2. The molecule has 1 N–H and O–H groups in total. The van der Waals surface area contributed by atoms with E-state index in [1.54, 1.807) is 15.4 Å². The second-order valence-corrected chi connectivity index (χ2v) is 6.55. The van der Waals surface area contributed by atoms with E-state index in [4.69, 9.17) is 12.2 Å². The summed E-state index contributed by atoms with van der Waals surface area (Å²) in [6.45, 7) is 1.85. The molecule has 0 spiro atoms. The van der Waals surface area contributed by atoms with E-state index in [2.05, 4.69) is 5.32 Å². The van der Waals surface area contributed by atoms with Gasteiger partial charge in [-0.3, -0.25) is 14.3 Å². The monoisotopic (exact) mass is 331 g/mol. The van der Waals surface area contributed by atoms with Crippen LogP contribution >= 0.6 is 24.0 Å². The average Bonchev–Trinajstić information content (AvgIpc) is 2.92. The van der Waals surface area contributed by atoms with Crippen LogP contribution in [0.15, 0.2) is 40.0 Å². The van der Waals surface area contributed by atoms with Crippen LogP contribution in [0, 0.1) is 6.92 Å². The molecule has 112 valence electrons. The van der Waals surface area contributed by atoms with Crippen molar-refractivity contribution in [3.63, 3.8) is 0 Å². The first-order valence-electron chi connectivity index (χ1n) is 6.58. The zero-order chi connectivity index (χ0) is 15.9. The number of hydrogen-bond acceptors (Lipinski definition) is 4. The van der Waals surface area contributed by atoms with Gasteiger partial charge in [0.2, 0.25) is 0 Å². The normalized spacial score (nSPS) is 16.4. The smallest absolute Gasteiger partial charge is 0.278 e. The SMILES string of the molecule is Cc1c(/C=C2\SC(=S)NC2=O)c(=O)n(-c2ccccc2)n1C. The Morgan fingerprint density at radius 1 is 1.23 bits per heavy atom. The van der Waals surface area contributed by atoms with Crippen LogP contribution < -0.4 is 10.9 Å². The van der Waals surface area contributed by atoms with Crippen LogP contribution in [0.2, 0.25) is 0 Å². The Bertz CT molecular complexity index is 863. The van der Waals surface area contributed by atoms with Crippen molar-refractivity contribution in [2.75, 3.05) is 0 Å². The van der Waals surface area contributed by atoms with Gasteiger partial charge in [0, 0.05) is 12.7 Å². The predicted molar refractivity (Wildman–Crippen MR) is 92.1 cm³/mol. The van der Waals surface area contributed by atoms with Gasteiger partial charge in [0.1, 0.15) is 4.32 Å². The summed E-state index contributed by atoms with van der Waals surface area (Å²) in [5.74, 6) is -0.260. The number of carbonyl (C=O) groups excluding carboxylic acids is 1. The first-order chi connectivity index (χ1) is 10.5. The lowest BCUT2D eigenvalue weighted by Gasteiger charge is -2.07. The molecule has 1 saturated heterocycles. The molecule has 1 aromatic heterocycles. The lowest BCUT2D eigenvalue weighted by molar-refractivity contribution is -0.115. The van der Waals surface area contributed by atoms with Gasteiger partial charge in [0.25, 0.3) is 11.5 Å². The topological polar surface area (TPSA) is 56.0 Å². The molecule has 1 aromatic carbocycles. The van der Waals surface area contributed by atoms with E-state index in [9.17, 15) is 9.59 Å². The number of thioether (sulfide) groups is 1. The maximum absolute atomic E-state index is 12.7. The van der Waals surface area contributed by atoms with Crippen molar-refractivity contribution in [3.05, 3.63) is 56.8 Å². The molecule has 0 radical (unpaired) electrons. The molecule has 7 heteroatoms. The van der Waals surface area contributed by atoms with Crippen molar-refractivity contribution in [1.82, 2.24) is 14.7 Å². The Balaban J connectivity index is 2.16. The Labute approximate surface area is 136 Å². The lowest BCUT2D eigenvalue weighted by Crippen LogP contribution is -2.20. The molecule has 2 aromatic rings. The van der Waals surface area contributed by atoms with Crippen molar-refractivity contribution < 1.29 is 4.79 Å². The highest BCUT2D eigenvalue weighted by Crippen LogP contribution is 2.26. The van der Waals surface area contributed by atoms with Gasteiger partial charge in [-0.15, -0.1) is 0 Å². The van der Waals surface area contributed by atoms with Crippen molar-refractivity contribution in [2.24, 2.45) is 7.05 Å². The van der Waals surface area contributed by atoms with Crippen LogP contribution in [0.25, 0.3) is 11.8 Å². The number of benzene rings is 1. The van der Waals surface area contributed by atoms with Crippen molar-refractivity contribution in [1.29, 1.82) is 0 Å². The van der Waals surface area contributed by atoms with Gasteiger partial charge in [0.05, 0.1) is 16.2 Å². The van der Waals surface area contributed by atoms with Gasteiger partial charge in [-0.2, -0.15) is 0 Å². The molecule has 2 heterocycles. The number of aromatic nitrogens is 2. The summed E-state index contributed by atoms with van der Waals surface area (Å²) >= 11 is 6.14. The molecule has 1 aliphatic rings. The third kappa shape index (κ3) is 2.42. The Morgan fingerprint density at radius 3 is 2.50 bits per heavy atom. The first kappa shape index (κ1) is 14.8. The van der Waals surface area contributed by atoms with E-state index in [1.165, 1.54) is 11.8 Å². The fraction of sp³-hybridized carbons (Fsp3) is 0.133. The minimum absolute atomic E-state index is 0.162.